The third kappa shape index (κ3) is 4.36. The number of carbonyl (C=O) groups is 1. The van der Waals surface area contributed by atoms with E-state index in [2.05, 4.69) is 31.8 Å². The van der Waals surface area contributed by atoms with E-state index in [1.807, 2.05) is 0 Å². The quantitative estimate of drug-likeness (QED) is 0.414. The van der Waals surface area contributed by atoms with E-state index in [0.29, 0.717) is 33.6 Å². The van der Waals surface area contributed by atoms with Crippen molar-refractivity contribution < 1.29 is 14.3 Å². The van der Waals surface area contributed by atoms with E-state index in [1.165, 1.54) is 17.0 Å². The van der Waals surface area contributed by atoms with Gasteiger partial charge in [0.15, 0.2) is 0 Å². The fraction of sp³-hybridized carbons (Fsp3) is 0.320. The van der Waals surface area contributed by atoms with Gasteiger partial charge in [0.05, 0.1) is 22.4 Å². The second-order valence-electron chi connectivity index (χ2n) is 9.06. The van der Waals surface area contributed by atoms with Crippen LogP contribution in [0.25, 0.3) is 11.3 Å². The lowest BCUT2D eigenvalue weighted by Crippen LogP contribution is -2.26. The molecule has 7 heteroatoms. The number of hydrogen-bond acceptors (Lipinski definition) is 5. The van der Waals surface area contributed by atoms with Gasteiger partial charge in [0.25, 0.3) is 0 Å². The maximum Gasteiger partial charge on any atom is 0.337 e. The zero-order chi connectivity index (χ0) is 23.0. The van der Waals surface area contributed by atoms with Gasteiger partial charge in [-0.1, -0.05) is 32.4 Å². The van der Waals surface area contributed by atoms with Crippen LogP contribution >= 0.6 is 22.9 Å². The van der Waals surface area contributed by atoms with Gasteiger partial charge >= 0.3 is 5.97 Å². The Balaban J connectivity index is 1.59. The van der Waals surface area contributed by atoms with Crippen LogP contribution in [0.2, 0.25) is 5.02 Å². The molecule has 164 valence electrons. The fourth-order valence-corrected chi connectivity index (χ4v) is 5.48. The SMILES string of the molecule is CC(C)(C)[C@H]1CCc2c(sc(N=Cc3ccc(-c4ccc(Cl)c(C(=O)O)c4)o3)c2C#N)C1. The monoisotopic (exact) mass is 466 g/mol. The van der Waals surface area contributed by atoms with E-state index in [1.54, 1.807) is 35.8 Å². The molecule has 2 aromatic heterocycles. The number of thiophene rings is 1. The number of aromatic carboxylic acids is 1. The topological polar surface area (TPSA) is 86.6 Å². The lowest BCUT2D eigenvalue weighted by Gasteiger charge is -2.33. The molecule has 0 saturated carbocycles. The Labute approximate surface area is 196 Å². The highest BCUT2D eigenvalue weighted by molar-refractivity contribution is 7.16. The lowest BCUT2D eigenvalue weighted by atomic mass is 9.72. The molecule has 1 aliphatic carbocycles. The van der Waals surface area contributed by atoms with Gasteiger partial charge in [0.1, 0.15) is 22.6 Å². The van der Waals surface area contributed by atoms with Gasteiger partial charge in [-0.25, -0.2) is 9.79 Å². The van der Waals surface area contributed by atoms with E-state index in [0.717, 1.165) is 24.8 Å². The van der Waals surface area contributed by atoms with E-state index in [9.17, 15) is 15.2 Å². The van der Waals surface area contributed by atoms with Crippen molar-refractivity contribution in [2.75, 3.05) is 0 Å². The predicted octanol–water partition coefficient (Wildman–Crippen LogP) is 7.13. The molecule has 1 aliphatic rings. The van der Waals surface area contributed by atoms with E-state index in [4.69, 9.17) is 16.0 Å². The number of halogens is 1. The van der Waals surface area contributed by atoms with Crippen molar-refractivity contribution in [1.82, 2.24) is 0 Å². The summed E-state index contributed by atoms with van der Waals surface area (Å²) >= 11 is 7.54. The summed E-state index contributed by atoms with van der Waals surface area (Å²) in [5.74, 6) is 0.545. The normalized spacial score (nSPS) is 16.2. The minimum atomic E-state index is -1.09. The van der Waals surface area contributed by atoms with Gasteiger partial charge in [-0.05, 0) is 66.5 Å². The van der Waals surface area contributed by atoms with Crippen LogP contribution in [0.5, 0.6) is 0 Å². The van der Waals surface area contributed by atoms with E-state index >= 15 is 0 Å². The second-order valence-corrected chi connectivity index (χ2v) is 10.6. The maximum atomic E-state index is 11.3. The minimum Gasteiger partial charge on any atom is -0.478 e. The van der Waals surface area contributed by atoms with Crippen LogP contribution in [-0.2, 0) is 12.8 Å². The largest absolute Gasteiger partial charge is 0.478 e. The van der Waals surface area contributed by atoms with Crippen LogP contribution in [0.15, 0.2) is 39.7 Å². The number of nitrogens with zero attached hydrogens (tertiary/aromatic N) is 2. The first-order valence-electron chi connectivity index (χ1n) is 10.4. The van der Waals surface area contributed by atoms with Crippen molar-refractivity contribution in [2.45, 2.75) is 40.0 Å². The number of aliphatic imine (C=N–C) groups is 1. The molecule has 0 bridgehead atoms. The maximum absolute atomic E-state index is 11.3. The van der Waals surface area contributed by atoms with Gasteiger partial charge in [-0.15, -0.1) is 11.3 Å². The average molecular weight is 467 g/mol. The Kier molecular flexibility index (Phi) is 5.98. The van der Waals surface area contributed by atoms with E-state index < -0.39 is 5.97 Å². The Morgan fingerprint density at radius 2 is 2.12 bits per heavy atom. The summed E-state index contributed by atoms with van der Waals surface area (Å²) in [5, 5.41) is 19.9. The molecule has 1 N–H and O–H groups in total. The number of fused-ring (bicyclic) bond motifs is 1. The third-order valence-corrected chi connectivity index (χ3v) is 7.49. The summed E-state index contributed by atoms with van der Waals surface area (Å²) < 4.78 is 5.84. The summed E-state index contributed by atoms with van der Waals surface area (Å²) in [4.78, 5) is 17.2. The van der Waals surface area contributed by atoms with Crippen LogP contribution in [0, 0.1) is 22.7 Å². The molecule has 32 heavy (non-hydrogen) atoms. The number of carboxylic acid groups (broad SMARTS) is 1. The molecular formula is C25H23ClN2O3S. The summed E-state index contributed by atoms with van der Waals surface area (Å²) in [6.45, 7) is 6.82. The van der Waals surface area contributed by atoms with Gasteiger partial charge < -0.3 is 9.52 Å². The molecule has 4 rings (SSSR count). The highest BCUT2D eigenvalue weighted by atomic mass is 35.5. The molecule has 0 aliphatic heterocycles. The van der Waals surface area contributed by atoms with Crippen LogP contribution in [0.1, 0.15) is 59.3 Å². The van der Waals surface area contributed by atoms with Crippen LogP contribution in [-0.4, -0.2) is 17.3 Å². The number of benzene rings is 1. The standard InChI is InChI=1S/C25H23ClN2O3S/c1-25(2,3)15-5-7-17-19(12-27)23(32-22(17)11-15)28-13-16-6-9-21(31-16)14-4-8-20(26)18(10-14)24(29)30/h4,6,8-10,13,15H,5,7,11H2,1-3H3,(H,29,30)/t15-/m0/s1. The van der Waals surface area contributed by atoms with Gasteiger partial charge in [0, 0.05) is 10.4 Å². The first-order valence-corrected chi connectivity index (χ1v) is 11.6. The van der Waals surface area contributed by atoms with Crippen molar-refractivity contribution in [3.05, 3.63) is 62.7 Å². The van der Waals surface area contributed by atoms with Crippen LogP contribution in [0.4, 0.5) is 5.00 Å². The summed E-state index contributed by atoms with van der Waals surface area (Å²) in [7, 11) is 0. The highest BCUT2D eigenvalue weighted by Crippen LogP contribution is 2.44. The lowest BCUT2D eigenvalue weighted by molar-refractivity contribution is 0.0697. The summed E-state index contributed by atoms with van der Waals surface area (Å²) in [6.07, 6.45) is 4.60. The number of nitriles is 1. The van der Waals surface area contributed by atoms with Crippen LogP contribution in [0.3, 0.4) is 0 Å². The molecule has 5 nitrogen and oxygen atoms in total. The van der Waals surface area contributed by atoms with Gasteiger partial charge in [-0.2, -0.15) is 5.26 Å². The van der Waals surface area contributed by atoms with Crippen molar-refractivity contribution in [2.24, 2.45) is 16.3 Å². The first-order chi connectivity index (χ1) is 15.2. The molecule has 0 radical (unpaired) electrons. The molecule has 1 aromatic carbocycles. The Bertz CT molecular complexity index is 1260. The average Bonchev–Trinajstić information content (AvgIpc) is 3.35. The number of hydrogen-bond donors (Lipinski definition) is 1. The molecule has 0 unspecified atom stereocenters. The van der Waals surface area contributed by atoms with Crippen molar-refractivity contribution in [3.8, 4) is 17.4 Å². The molecule has 0 amide bonds. The molecule has 3 aromatic rings. The van der Waals surface area contributed by atoms with Crippen molar-refractivity contribution in [1.29, 1.82) is 5.26 Å². The minimum absolute atomic E-state index is 0.0205. The summed E-state index contributed by atoms with van der Waals surface area (Å²) in [5.41, 5.74) is 2.69. The second kappa shape index (κ2) is 8.57. The Morgan fingerprint density at radius 1 is 1.34 bits per heavy atom. The van der Waals surface area contributed by atoms with E-state index in [-0.39, 0.29) is 16.0 Å². The molecular weight excluding hydrogens is 444 g/mol. The number of furan rings is 1. The smallest absolute Gasteiger partial charge is 0.337 e. The molecule has 2 heterocycles. The van der Waals surface area contributed by atoms with Crippen molar-refractivity contribution in [3.63, 3.8) is 0 Å². The number of carboxylic acids is 1. The molecule has 0 spiro atoms. The zero-order valence-corrected chi connectivity index (χ0v) is 19.7. The Hall–Kier alpha value is -2.88. The summed E-state index contributed by atoms with van der Waals surface area (Å²) in [6, 6.07) is 10.6. The first kappa shape index (κ1) is 22.3. The molecule has 0 fully saturated rings. The molecule has 1 atom stereocenters. The van der Waals surface area contributed by atoms with Gasteiger partial charge in [0.2, 0.25) is 0 Å². The number of rotatable bonds is 4. The highest BCUT2D eigenvalue weighted by Gasteiger charge is 2.32. The third-order valence-electron chi connectivity index (χ3n) is 6.00. The van der Waals surface area contributed by atoms with Crippen molar-refractivity contribution >= 4 is 40.1 Å². The Morgan fingerprint density at radius 3 is 2.81 bits per heavy atom. The molecule has 0 saturated heterocycles. The predicted molar refractivity (Wildman–Crippen MR) is 127 cm³/mol. The van der Waals surface area contributed by atoms with Crippen LogP contribution < -0.4 is 0 Å². The zero-order valence-electron chi connectivity index (χ0n) is 18.1. The fourth-order valence-electron chi connectivity index (χ4n) is 4.06. The van der Waals surface area contributed by atoms with Gasteiger partial charge in [-0.3, -0.25) is 0 Å².